The number of piperidine rings is 1. The van der Waals surface area contributed by atoms with Crippen LogP contribution in [0, 0.1) is 5.41 Å². The van der Waals surface area contributed by atoms with E-state index in [1.165, 1.54) is 4.90 Å². The average molecular weight is 270 g/mol. The molecule has 0 aromatic carbocycles. The summed E-state index contributed by atoms with van der Waals surface area (Å²) in [5, 5.41) is 9.45. The second-order valence-corrected chi connectivity index (χ2v) is 6.29. The van der Waals surface area contributed by atoms with Crippen LogP contribution in [0.1, 0.15) is 33.1 Å². The van der Waals surface area contributed by atoms with Gasteiger partial charge >= 0.3 is 5.97 Å². The molecule has 2 saturated heterocycles. The lowest BCUT2D eigenvalue weighted by Gasteiger charge is -2.46. The van der Waals surface area contributed by atoms with Crippen LogP contribution in [0.4, 0.5) is 0 Å². The van der Waals surface area contributed by atoms with Gasteiger partial charge in [0.1, 0.15) is 11.6 Å². The summed E-state index contributed by atoms with van der Waals surface area (Å²) < 4.78 is 5.20. The van der Waals surface area contributed by atoms with E-state index in [1.54, 1.807) is 0 Å². The molecule has 0 spiro atoms. The number of carboxylic acids is 1. The lowest BCUT2D eigenvalue weighted by atomic mass is 9.75. The van der Waals surface area contributed by atoms with Crippen LogP contribution in [0.15, 0.2) is 0 Å². The van der Waals surface area contributed by atoms with Crippen LogP contribution in [0.2, 0.25) is 0 Å². The minimum absolute atomic E-state index is 0.176. The molecule has 2 rings (SSSR count). The van der Waals surface area contributed by atoms with Crippen LogP contribution in [-0.2, 0) is 14.3 Å². The molecule has 2 aliphatic heterocycles. The second kappa shape index (κ2) is 4.76. The summed E-state index contributed by atoms with van der Waals surface area (Å²) in [4.78, 5) is 25.6. The van der Waals surface area contributed by atoms with Crippen LogP contribution in [0.25, 0.3) is 0 Å². The maximum atomic E-state index is 12.6. The highest BCUT2D eigenvalue weighted by Crippen LogP contribution is 2.36. The van der Waals surface area contributed by atoms with E-state index in [2.05, 4.69) is 0 Å². The molecule has 0 aromatic rings. The summed E-state index contributed by atoms with van der Waals surface area (Å²) in [7, 11) is 0. The first-order valence-electron chi connectivity index (χ1n) is 6.68. The molecule has 2 aliphatic rings. The monoisotopic (exact) mass is 270 g/mol. The highest BCUT2D eigenvalue weighted by molar-refractivity contribution is 5.91. The summed E-state index contributed by atoms with van der Waals surface area (Å²) in [6, 6.07) is -0.810. The van der Waals surface area contributed by atoms with Gasteiger partial charge in [0.05, 0.1) is 6.61 Å². The number of hydrogen-bond donors (Lipinski definition) is 2. The van der Waals surface area contributed by atoms with Gasteiger partial charge in [-0.05, 0) is 24.7 Å². The van der Waals surface area contributed by atoms with Crippen molar-refractivity contribution >= 4 is 11.9 Å². The largest absolute Gasteiger partial charge is 0.480 e. The predicted octanol–water partition coefficient (Wildman–Crippen LogP) is 0.206. The molecule has 108 valence electrons. The Balaban J connectivity index is 2.26. The highest BCUT2D eigenvalue weighted by atomic mass is 16.5. The van der Waals surface area contributed by atoms with Crippen molar-refractivity contribution in [2.24, 2.45) is 11.1 Å². The van der Waals surface area contributed by atoms with Crippen molar-refractivity contribution in [1.29, 1.82) is 0 Å². The van der Waals surface area contributed by atoms with E-state index in [4.69, 9.17) is 10.5 Å². The fourth-order valence-corrected chi connectivity index (χ4v) is 3.11. The summed E-state index contributed by atoms with van der Waals surface area (Å²) in [6.07, 6.45) is 2.05. The van der Waals surface area contributed by atoms with Gasteiger partial charge in [0, 0.05) is 13.2 Å². The fourth-order valence-electron chi connectivity index (χ4n) is 3.11. The normalized spacial score (nSPS) is 34.3. The molecule has 0 bridgehead atoms. The van der Waals surface area contributed by atoms with E-state index in [0.29, 0.717) is 19.6 Å². The number of ether oxygens (including phenoxy) is 1. The molecule has 0 aliphatic carbocycles. The zero-order chi connectivity index (χ0) is 14.3. The van der Waals surface area contributed by atoms with Crippen LogP contribution >= 0.6 is 0 Å². The van der Waals surface area contributed by atoms with Gasteiger partial charge in [0.2, 0.25) is 5.91 Å². The summed E-state index contributed by atoms with van der Waals surface area (Å²) >= 11 is 0. The Hall–Kier alpha value is -1.14. The number of aliphatic carboxylic acids is 1. The van der Waals surface area contributed by atoms with Crippen LogP contribution < -0.4 is 5.73 Å². The van der Waals surface area contributed by atoms with Crippen LogP contribution in [0.3, 0.4) is 0 Å². The Kier molecular flexibility index (Phi) is 3.57. The second-order valence-electron chi connectivity index (χ2n) is 6.29. The van der Waals surface area contributed by atoms with Crippen molar-refractivity contribution < 1.29 is 19.4 Å². The maximum Gasteiger partial charge on any atom is 0.326 e. The molecule has 0 saturated carbocycles. The highest BCUT2D eigenvalue weighted by Gasteiger charge is 2.50. The number of carbonyl (C=O) groups excluding carboxylic acids is 1. The van der Waals surface area contributed by atoms with Gasteiger partial charge in [-0.25, -0.2) is 4.79 Å². The van der Waals surface area contributed by atoms with Crippen LogP contribution in [0.5, 0.6) is 0 Å². The van der Waals surface area contributed by atoms with Crippen molar-refractivity contribution in [3.8, 4) is 0 Å². The van der Waals surface area contributed by atoms with Crippen molar-refractivity contribution in [2.75, 3.05) is 19.8 Å². The van der Waals surface area contributed by atoms with E-state index in [0.717, 1.165) is 12.8 Å². The van der Waals surface area contributed by atoms with E-state index in [1.807, 2.05) is 13.8 Å². The molecular formula is C13H22N2O4. The number of hydrogen-bond acceptors (Lipinski definition) is 4. The molecule has 2 atom stereocenters. The first kappa shape index (κ1) is 14.3. The molecule has 2 unspecified atom stereocenters. The number of likely N-dealkylation sites (tertiary alicyclic amines) is 1. The van der Waals surface area contributed by atoms with Gasteiger partial charge < -0.3 is 20.5 Å². The topological polar surface area (TPSA) is 92.9 Å². The number of amides is 1. The number of nitrogens with zero attached hydrogens (tertiary/aromatic N) is 1. The summed E-state index contributed by atoms with van der Waals surface area (Å²) in [5.41, 5.74) is 4.59. The fraction of sp³-hybridized carbons (Fsp3) is 0.846. The van der Waals surface area contributed by atoms with Crippen molar-refractivity contribution in [2.45, 2.75) is 44.7 Å². The van der Waals surface area contributed by atoms with Gasteiger partial charge in [0.25, 0.3) is 0 Å². The molecule has 2 fully saturated rings. The Morgan fingerprint density at radius 3 is 2.58 bits per heavy atom. The molecule has 6 nitrogen and oxygen atoms in total. The van der Waals surface area contributed by atoms with Crippen molar-refractivity contribution in [3.05, 3.63) is 0 Å². The lowest BCUT2D eigenvalue weighted by Crippen LogP contribution is -2.64. The van der Waals surface area contributed by atoms with E-state index in [9.17, 15) is 14.7 Å². The Morgan fingerprint density at radius 2 is 2.05 bits per heavy atom. The average Bonchev–Trinajstić information content (AvgIpc) is 2.74. The third-order valence-electron chi connectivity index (χ3n) is 4.24. The molecule has 1 amide bonds. The van der Waals surface area contributed by atoms with Gasteiger partial charge in [-0.15, -0.1) is 0 Å². The maximum absolute atomic E-state index is 12.6. The standard InChI is InChI=1S/C13H22N2O4/c1-12(2)4-3-6-15(9(12)10(16)17)11(18)13(14)5-7-19-8-13/h9H,3-8,14H2,1-2H3,(H,16,17). The zero-order valence-electron chi connectivity index (χ0n) is 11.5. The minimum Gasteiger partial charge on any atom is -0.480 e. The molecule has 6 heteroatoms. The van der Waals surface area contributed by atoms with Gasteiger partial charge in [-0.1, -0.05) is 13.8 Å². The minimum atomic E-state index is -1.05. The molecule has 0 radical (unpaired) electrons. The third kappa shape index (κ3) is 2.47. The first-order valence-corrected chi connectivity index (χ1v) is 6.68. The Morgan fingerprint density at radius 1 is 1.37 bits per heavy atom. The van der Waals surface area contributed by atoms with E-state index >= 15 is 0 Å². The van der Waals surface area contributed by atoms with Gasteiger partial charge in [-0.2, -0.15) is 0 Å². The Bertz CT molecular complexity index is 388. The van der Waals surface area contributed by atoms with Crippen molar-refractivity contribution in [1.82, 2.24) is 4.90 Å². The first-order chi connectivity index (χ1) is 8.78. The van der Waals surface area contributed by atoms with Crippen LogP contribution in [-0.4, -0.2) is 53.2 Å². The smallest absolute Gasteiger partial charge is 0.326 e. The SMILES string of the molecule is CC1(C)CCCN(C(=O)C2(N)CCOC2)C1C(=O)O. The van der Waals surface area contributed by atoms with Crippen molar-refractivity contribution in [3.63, 3.8) is 0 Å². The van der Waals surface area contributed by atoms with E-state index in [-0.39, 0.29) is 12.5 Å². The Labute approximate surface area is 112 Å². The van der Waals surface area contributed by atoms with E-state index < -0.39 is 23.0 Å². The molecular weight excluding hydrogens is 248 g/mol. The molecule has 2 heterocycles. The number of carbonyl (C=O) groups is 2. The number of carboxylic acid groups (broad SMARTS) is 1. The lowest BCUT2D eigenvalue weighted by molar-refractivity contribution is -0.161. The number of nitrogens with two attached hydrogens (primary N) is 1. The number of rotatable bonds is 2. The van der Waals surface area contributed by atoms with Gasteiger partial charge in [0.15, 0.2) is 0 Å². The molecule has 0 aromatic heterocycles. The zero-order valence-corrected chi connectivity index (χ0v) is 11.5. The third-order valence-corrected chi connectivity index (χ3v) is 4.24. The van der Waals surface area contributed by atoms with Gasteiger partial charge in [-0.3, -0.25) is 4.79 Å². The summed E-state index contributed by atoms with van der Waals surface area (Å²) in [6.45, 7) is 4.86. The molecule has 19 heavy (non-hydrogen) atoms. The molecule has 3 N–H and O–H groups in total. The quantitative estimate of drug-likeness (QED) is 0.748. The predicted molar refractivity (Wildman–Crippen MR) is 68.5 cm³/mol. The summed E-state index contributed by atoms with van der Waals surface area (Å²) in [5.74, 6) is -1.24.